The standard InChI is InChI=1S/C19H16FN3O3/c20-13-8-4-9-14-16(13)18(24)23(12-6-2-1-3-7-12)17(21-14)15-10-5-11-22(15)19(25)26/h1-4,6-9,15H,5,10-11H2,(H,25,26). The third-order valence-corrected chi connectivity index (χ3v) is 4.68. The van der Waals surface area contributed by atoms with Crippen molar-refractivity contribution >= 4 is 17.0 Å². The molecule has 7 heteroatoms. The lowest BCUT2D eigenvalue weighted by Gasteiger charge is -2.24. The number of rotatable bonds is 2. The predicted octanol–water partition coefficient (Wildman–Crippen LogP) is 3.34. The number of halogens is 1. The Kier molecular flexibility index (Phi) is 3.91. The van der Waals surface area contributed by atoms with Crippen LogP contribution < -0.4 is 5.56 Å². The fourth-order valence-corrected chi connectivity index (χ4v) is 3.52. The molecule has 3 aromatic rings. The van der Waals surface area contributed by atoms with Crippen LogP contribution in [0.1, 0.15) is 24.7 Å². The van der Waals surface area contributed by atoms with Gasteiger partial charge in [-0.25, -0.2) is 14.2 Å². The van der Waals surface area contributed by atoms with Gasteiger partial charge in [0.25, 0.3) is 5.56 Å². The summed E-state index contributed by atoms with van der Waals surface area (Å²) in [4.78, 5) is 30.5. The number of carboxylic acid groups (broad SMARTS) is 1. The van der Waals surface area contributed by atoms with Crippen molar-refractivity contribution < 1.29 is 14.3 Å². The van der Waals surface area contributed by atoms with Gasteiger partial charge >= 0.3 is 6.09 Å². The lowest BCUT2D eigenvalue weighted by atomic mass is 10.1. The van der Waals surface area contributed by atoms with Crippen molar-refractivity contribution in [2.45, 2.75) is 18.9 Å². The minimum atomic E-state index is -1.05. The van der Waals surface area contributed by atoms with Crippen LogP contribution in [-0.2, 0) is 0 Å². The molecule has 1 aromatic heterocycles. The third-order valence-electron chi connectivity index (χ3n) is 4.68. The van der Waals surface area contributed by atoms with E-state index in [1.807, 2.05) is 6.07 Å². The summed E-state index contributed by atoms with van der Waals surface area (Å²) < 4.78 is 15.6. The summed E-state index contributed by atoms with van der Waals surface area (Å²) in [5.74, 6) is -0.322. The molecule has 26 heavy (non-hydrogen) atoms. The molecule has 1 amide bonds. The van der Waals surface area contributed by atoms with Gasteiger partial charge in [-0.15, -0.1) is 0 Å². The average molecular weight is 353 g/mol. The van der Waals surface area contributed by atoms with E-state index < -0.39 is 23.5 Å². The SMILES string of the molecule is O=C(O)N1CCCC1c1nc2cccc(F)c2c(=O)n1-c1ccccc1. The number of fused-ring (bicyclic) bond motifs is 1. The zero-order valence-corrected chi connectivity index (χ0v) is 13.8. The number of aromatic nitrogens is 2. The van der Waals surface area contributed by atoms with Crippen molar-refractivity contribution in [2.24, 2.45) is 0 Å². The van der Waals surface area contributed by atoms with Gasteiger partial charge in [0.15, 0.2) is 0 Å². The fraction of sp³-hybridized carbons (Fsp3) is 0.211. The molecule has 2 aromatic carbocycles. The molecule has 1 fully saturated rings. The van der Waals surface area contributed by atoms with Crippen LogP contribution in [0.15, 0.2) is 53.3 Å². The zero-order valence-electron chi connectivity index (χ0n) is 13.8. The van der Waals surface area contributed by atoms with Crippen LogP contribution in [0.4, 0.5) is 9.18 Å². The van der Waals surface area contributed by atoms with Gasteiger partial charge in [-0.2, -0.15) is 0 Å². The van der Waals surface area contributed by atoms with Gasteiger partial charge in [0.2, 0.25) is 0 Å². The first-order valence-corrected chi connectivity index (χ1v) is 8.34. The molecular weight excluding hydrogens is 337 g/mol. The highest BCUT2D eigenvalue weighted by atomic mass is 19.1. The molecule has 4 rings (SSSR count). The normalized spacial score (nSPS) is 17.0. The number of hydrogen-bond donors (Lipinski definition) is 1. The summed E-state index contributed by atoms with van der Waals surface area (Å²) in [5, 5.41) is 9.39. The Hall–Kier alpha value is -3.22. The van der Waals surface area contributed by atoms with Crippen LogP contribution in [0.5, 0.6) is 0 Å². The highest BCUT2D eigenvalue weighted by Crippen LogP contribution is 2.32. The van der Waals surface area contributed by atoms with Gasteiger partial charge in [-0.05, 0) is 37.1 Å². The van der Waals surface area contributed by atoms with E-state index in [2.05, 4.69) is 4.98 Å². The van der Waals surface area contributed by atoms with E-state index in [-0.39, 0.29) is 10.9 Å². The minimum Gasteiger partial charge on any atom is -0.465 e. The maximum Gasteiger partial charge on any atom is 0.407 e. The van der Waals surface area contributed by atoms with Gasteiger partial charge in [-0.1, -0.05) is 24.3 Å². The summed E-state index contributed by atoms with van der Waals surface area (Å²) in [7, 11) is 0. The van der Waals surface area contributed by atoms with Crippen molar-refractivity contribution in [3.05, 3.63) is 70.5 Å². The smallest absolute Gasteiger partial charge is 0.407 e. The van der Waals surface area contributed by atoms with E-state index >= 15 is 0 Å². The summed E-state index contributed by atoms with van der Waals surface area (Å²) in [6.45, 7) is 0.381. The van der Waals surface area contributed by atoms with Crippen molar-refractivity contribution in [3.63, 3.8) is 0 Å². The number of likely N-dealkylation sites (tertiary alicyclic amines) is 1. The van der Waals surface area contributed by atoms with Gasteiger partial charge < -0.3 is 5.11 Å². The zero-order chi connectivity index (χ0) is 18.3. The average Bonchev–Trinajstić information content (AvgIpc) is 3.12. The third kappa shape index (κ3) is 2.52. The molecule has 0 bridgehead atoms. The van der Waals surface area contributed by atoms with Crippen LogP contribution >= 0.6 is 0 Å². The quantitative estimate of drug-likeness (QED) is 0.767. The monoisotopic (exact) mass is 353 g/mol. The first kappa shape index (κ1) is 16.3. The van der Waals surface area contributed by atoms with Crippen molar-refractivity contribution in [3.8, 4) is 5.69 Å². The van der Waals surface area contributed by atoms with Crippen LogP contribution in [0.2, 0.25) is 0 Å². The van der Waals surface area contributed by atoms with E-state index in [9.17, 15) is 19.1 Å². The Morgan fingerprint density at radius 2 is 1.92 bits per heavy atom. The molecule has 1 saturated heterocycles. The minimum absolute atomic E-state index is 0.0972. The molecule has 1 unspecified atom stereocenters. The Bertz CT molecular complexity index is 1050. The highest BCUT2D eigenvalue weighted by Gasteiger charge is 2.34. The maximum absolute atomic E-state index is 14.3. The molecule has 0 radical (unpaired) electrons. The second-order valence-corrected chi connectivity index (χ2v) is 6.21. The Morgan fingerprint density at radius 1 is 1.15 bits per heavy atom. The second kappa shape index (κ2) is 6.25. The van der Waals surface area contributed by atoms with E-state index in [1.54, 1.807) is 30.3 Å². The molecule has 1 N–H and O–H groups in total. The predicted molar refractivity (Wildman–Crippen MR) is 94.0 cm³/mol. The lowest BCUT2D eigenvalue weighted by molar-refractivity contribution is 0.138. The van der Waals surface area contributed by atoms with Crippen molar-refractivity contribution in [1.29, 1.82) is 0 Å². The van der Waals surface area contributed by atoms with Gasteiger partial charge in [0.1, 0.15) is 17.0 Å². The van der Waals surface area contributed by atoms with Crippen LogP contribution in [0, 0.1) is 5.82 Å². The maximum atomic E-state index is 14.3. The first-order valence-electron chi connectivity index (χ1n) is 8.34. The number of nitrogens with zero attached hydrogens (tertiary/aromatic N) is 3. The summed E-state index contributed by atoms with van der Waals surface area (Å²) in [6, 6.07) is 12.5. The van der Waals surface area contributed by atoms with Crippen molar-refractivity contribution in [2.75, 3.05) is 6.54 Å². The van der Waals surface area contributed by atoms with E-state index in [4.69, 9.17) is 0 Å². The second-order valence-electron chi connectivity index (χ2n) is 6.21. The molecule has 0 saturated carbocycles. The number of carbonyl (C=O) groups is 1. The number of para-hydroxylation sites is 1. The molecule has 2 heterocycles. The van der Waals surface area contributed by atoms with Crippen LogP contribution in [0.25, 0.3) is 16.6 Å². The van der Waals surface area contributed by atoms with E-state index in [1.165, 1.54) is 21.6 Å². The summed E-state index contributed by atoms with van der Waals surface area (Å²) >= 11 is 0. The Morgan fingerprint density at radius 3 is 2.65 bits per heavy atom. The number of amides is 1. The topological polar surface area (TPSA) is 75.4 Å². The van der Waals surface area contributed by atoms with Gasteiger partial charge in [0, 0.05) is 6.54 Å². The largest absolute Gasteiger partial charge is 0.465 e. The summed E-state index contributed by atoms with van der Waals surface area (Å²) in [5.41, 5.74) is 0.225. The molecule has 0 aliphatic carbocycles. The van der Waals surface area contributed by atoms with Gasteiger partial charge in [-0.3, -0.25) is 14.3 Å². The molecular formula is C19H16FN3O3. The molecule has 6 nitrogen and oxygen atoms in total. The lowest BCUT2D eigenvalue weighted by Crippen LogP contribution is -2.34. The first-order chi connectivity index (χ1) is 12.6. The Balaban J connectivity index is 2.05. The fourth-order valence-electron chi connectivity index (χ4n) is 3.52. The van der Waals surface area contributed by atoms with Crippen LogP contribution in [0.3, 0.4) is 0 Å². The van der Waals surface area contributed by atoms with Crippen LogP contribution in [-0.4, -0.2) is 32.2 Å². The molecule has 1 atom stereocenters. The Labute approximate surface area is 148 Å². The molecule has 1 aliphatic rings. The number of benzene rings is 2. The summed E-state index contributed by atoms with van der Waals surface area (Å²) in [6.07, 6.45) is 0.190. The van der Waals surface area contributed by atoms with Crippen molar-refractivity contribution in [1.82, 2.24) is 14.5 Å². The molecule has 0 spiro atoms. The van der Waals surface area contributed by atoms with Gasteiger partial charge in [0.05, 0.1) is 17.2 Å². The molecule has 1 aliphatic heterocycles. The van der Waals surface area contributed by atoms with E-state index in [0.29, 0.717) is 30.9 Å². The number of hydrogen-bond acceptors (Lipinski definition) is 3. The van der Waals surface area contributed by atoms with E-state index in [0.717, 1.165) is 0 Å². The molecule has 132 valence electrons. The highest BCUT2D eigenvalue weighted by molar-refractivity contribution is 5.79.